The van der Waals surface area contributed by atoms with E-state index in [1.807, 2.05) is 36.4 Å². The van der Waals surface area contributed by atoms with E-state index in [9.17, 15) is 0 Å². The monoisotopic (exact) mass is 292 g/mol. The second-order valence-corrected chi connectivity index (χ2v) is 4.63. The summed E-state index contributed by atoms with van der Waals surface area (Å²) in [5.74, 6) is 1.50. The molecule has 2 rings (SSSR count). The molecule has 0 bridgehead atoms. The van der Waals surface area contributed by atoms with Gasteiger partial charge in [0.25, 0.3) is 0 Å². The van der Waals surface area contributed by atoms with Crippen molar-refractivity contribution in [3.05, 3.63) is 53.6 Å². The number of thiocarbonyl (C=S) groups is 1. The molecule has 0 aliphatic carbocycles. The van der Waals surface area contributed by atoms with Gasteiger partial charge in [0.2, 0.25) is 0 Å². The second-order valence-electron chi connectivity index (χ2n) is 3.78. The predicted octanol–water partition coefficient (Wildman–Crippen LogP) is 4.05. The third-order valence-corrected chi connectivity index (χ3v) is 2.95. The van der Waals surface area contributed by atoms with Crippen LogP contribution in [0, 0.1) is 0 Å². The molecular weight excluding hydrogens is 280 g/mol. The number of hydrogen-bond donors (Lipinski definition) is 2. The topological polar surface area (TPSA) is 33.3 Å². The number of anilines is 1. The smallest absolute Gasteiger partial charge is 0.170 e. The van der Waals surface area contributed by atoms with Crippen LogP contribution in [-0.4, -0.2) is 12.2 Å². The summed E-state index contributed by atoms with van der Waals surface area (Å²) < 4.78 is 5.68. The van der Waals surface area contributed by atoms with Gasteiger partial charge < -0.3 is 15.4 Å². The zero-order chi connectivity index (χ0) is 13.7. The molecule has 0 aliphatic heterocycles. The lowest BCUT2D eigenvalue weighted by atomic mass is 10.3. The Morgan fingerprint density at radius 2 is 1.53 bits per heavy atom. The minimum Gasteiger partial charge on any atom is -0.457 e. The molecule has 0 amide bonds. The standard InChI is InChI=1S/C14H13ClN2OS/c1-16-14(19)17-11-4-8-13(9-5-11)18-12-6-2-10(15)3-7-12/h2-9H,1H3,(H2,16,17,19). The maximum atomic E-state index is 5.82. The van der Waals surface area contributed by atoms with Crippen LogP contribution in [-0.2, 0) is 0 Å². The first kappa shape index (κ1) is 13.6. The molecule has 2 N–H and O–H groups in total. The molecule has 2 aromatic carbocycles. The van der Waals surface area contributed by atoms with Gasteiger partial charge in [0, 0.05) is 17.8 Å². The van der Waals surface area contributed by atoms with Gasteiger partial charge in [-0.25, -0.2) is 0 Å². The van der Waals surface area contributed by atoms with Crippen molar-refractivity contribution in [2.45, 2.75) is 0 Å². The minimum absolute atomic E-state index is 0.575. The molecular formula is C14H13ClN2OS. The van der Waals surface area contributed by atoms with Crippen LogP contribution in [0.5, 0.6) is 11.5 Å². The molecule has 0 radical (unpaired) electrons. The SMILES string of the molecule is CNC(=S)Nc1ccc(Oc2ccc(Cl)cc2)cc1. The molecule has 0 atom stereocenters. The van der Waals surface area contributed by atoms with Crippen LogP contribution < -0.4 is 15.4 Å². The second kappa shape index (κ2) is 6.41. The molecule has 0 unspecified atom stereocenters. The number of benzene rings is 2. The van der Waals surface area contributed by atoms with Crippen LogP contribution >= 0.6 is 23.8 Å². The Morgan fingerprint density at radius 1 is 1.00 bits per heavy atom. The van der Waals surface area contributed by atoms with Crippen LogP contribution in [0.1, 0.15) is 0 Å². The number of nitrogens with one attached hydrogen (secondary N) is 2. The normalized spacial score (nSPS) is 9.79. The van der Waals surface area contributed by atoms with Crippen LogP contribution in [0.15, 0.2) is 48.5 Å². The average molecular weight is 293 g/mol. The van der Waals surface area contributed by atoms with Crippen LogP contribution in [0.25, 0.3) is 0 Å². The summed E-state index contributed by atoms with van der Waals surface area (Å²) in [5.41, 5.74) is 0.905. The first-order valence-electron chi connectivity index (χ1n) is 5.69. The molecule has 0 saturated carbocycles. The van der Waals surface area contributed by atoms with E-state index in [1.165, 1.54) is 0 Å². The quantitative estimate of drug-likeness (QED) is 0.836. The molecule has 2 aromatic rings. The van der Waals surface area contributed by atoms with Gasteiger partial charge >= 0.3 is 0 Å². The molecule has 98 valence electrons. The van der Waals surface area contributed by atoms with Crippen molar-refractivity contribution in [2.75, 3.05) is 12.4 Å². The first-order valence-corrected chi connectivity index (χ1v) is 6.48. The summed E-state index contributed by atoms with van der Waals surface area (Å²) in [4.78, 5) is 0. The van der Waals surface area contributed by atoms with Crippen molar-refractivity contribution in [3.8, 4) is 11.5 Å². The van der Waals surface area contributed by atoms with E-state index >= 15 is 0 Å². The maximum Gasteiger partial charge on any atom is 0.170 e. The van der Waals surface area contributed by atoms with Gasteiger partial charge in [-0.1, -0.05) is 11.6 Å². The highest BCUT2D eigenvalue weighted by atomic mass is 35.5. The number of halogens is 1. The van der Waals surface area contributed by atoms with E-state index in [1.54, 1.807) is 19.2 Å². The van der Waals surface area contributed by atoms with Crippen molar-refractivity contribution in [1.82, 2.24) is 5.32 Å². The van der Waals surface area contributed by atoms with Crippen molar-refractivity contribution < 1.29 is 4.74 Å². The lowest BCUT2D eigenvalue weighted by Crippen LogP contribution is -2.23. The van der Waals surface area contributed by atoms with Gasteiger partial charge in [-0.15, -0.1) is 0 Å². The van der Waals surface area contributed by atoms with E-state index in [4.69, 9.17) is 28.6 Å². The van der Waals surface area contributed by atoms with E-state index < -0.39 is 0 Å². The van der Waals surface area contributed by atoms with Crippen molar-refractivity contribution in [3.63, 3.8) is 0 Å². The first-order chi connectivity index (χ1) is 9.17. The Morgan fingerprint density at radius 3 is 2.05 bits per heavy atom. The molecule has 5 heteroatoms. The minimum atomic E-state index is 0.575. The Hall–Kier alpha value is -1.78. The zero-order valence-electron chi connectivity index (χ0n) is 10.3. The van der Waals surface area contributed by atoms with Crippen molar-refractivity contribution >= 4 is 34.6 Å². The van der Waals surface area contributed by atoms with Gasteiger partial charge in [-0.2, -0.15) is 0 Å². The lowest BCUT2D eigenvalue weighted by Gasteiger charge is -2.09. The third kappa shape index (κ3) is 4.12. The highest BCUT2D eigenvalue weighted by molar-refractivity contribution is 7.80. The summed E-state index contributed by atoms with van der Waals surface area (Å²) in [5, 5.41) is 7.15. The van der Waals surface area contributed by atoms with Crippen molar-refractivity contribution in [1.29, 1.82) is 0 Å². The number of rotatable bonds is 3. The largest absolute Gasteiger partial charge is 0.457 e. The van der Waals surface area contributed by atoms with Gasteiger partial charge in [-0.3, -0.25) is 0 Å². The molecule has 0 aromatic heterocycles. The van der Waals surface area contributed by atoms with Crippen molar-refractivity contribution in [2.24, 2.45) is 0 Å². The Kier molecular flexibility index (Phi) is 4.60. The molecule has 0 aliphatic rings. The summed E-state index contributed by atoms with van der Waals surface area (Å²) >= 11 is 10.8. The third-order valence-electron chi connectivity index (χ3n) is 2.39. The molecule has 0 saturated heterocycles. The van der Waals surface area contributed by atoms with Gasteiger partial charge in [-0.05, 0) is 60.7 Å². The van der Waals surface area contributed by atoms with Gasteiger partial charge in [0.15, 0.2) is 5.11 Å². The van der Waals surface area contributed by atoms with E-state index in [0.29, 0.717) is 10.1 Å². The van der Waals surface area contributed by atoms with E-state index in [0.717, 1.165) is 17.2 Å². The summed E-state index contributed by atoms with van der Waals surface area (Å²) in [7, 11) is 1.77. The Labute approximate surface area is 122 Å². The average Bonchev–Trinajstić information content (AvgIpc) is 2.43. The fraction of sp³-hybridized carbons (Fsp3) is 0.0714. The number of ether oxygens (including phenoxy) is 1. The van der Waals surface area contributed by atoms with E-state index in [-0.39, 0.29) is 0 Å². The molecule has 3 nitrogen and oxygen atoms in total. The Bertz CT molecular complexity index is 555. The summed E-state index contributed by atoms with van der Waals surface area (Å²) in [6.07, 6.45) is 0. The zero-order valence-corrected chi connectivity index (χ0v) is 11.9. The number of hydrogen-bond acceptors (Lipinski definition) is 2. The van der Waals surface area contributed by atoms with Crippen LogP contribution in [0.4, 0.5) is 5.69 Å². The molecule has 0 heterocycles. The maximum absolute atomic E-state index is 5.82. The fourth-order valence-corrected chi connectivity index (χ4v) is 1.68. The van der Waals surface area contributed by atoms with Crippen LogP contribution in [0.3, 0.4) is 0 Å². The molecule has 0 spiro atoms. The summed E-state index contributed by atoms with van der Waals surface area (Å²) in [6.45, 7) is 0. The fourth-order valence-electron chi connectivity index (χ4n) is 1.44. The Balaban J connectivity index is 2.02. The summed E-state index contributed by atoms with van der Waals surface area (Å²) in [6, 6.07) is 14.8. The highest BCUT2D eigenvalue weighted by Gasteiger charge is 1.99. The van der Waals surface area contributed by atoms with Gasteiger partial charge in [0.1, 0.15) is 11.5 Å². The molecule has 0 fully saturated rings. The lowest BCUT2D eigenvalue weighted by molar-refractivity contribution is 0.483. The van der Waals surface area contributed by atoms with Gasteiger partial charge in [0.05, 0.1) is 0 Å². The molecule has 19 heavy (non-hydrogen) atoms. The van der Waals surface area contributed by atoms with Crippen LogP contribution in [0.2, 0.25) is 5.02 Å². The predicted molar refractivity (Wildman–Crippen MR) is 83.2 cm³/mol. The highest BCUT2D eigenvalue weighted by Crippen LogP contribution is 2.24. The van der Waals surface area contributed by atoms with E-state index in [2.05, 4.69) is 10.6 Å².